The second kappa shape index (κ2) is 9.57. The first kappa shape index (κ1) is 20.2. The van der Waals surface area contributed by atoms with Crippen LogP contribution in [-0.2, 0) is 11.3 Å². The van der Waals surface area contributed by atoms with Gasteiger partial charge in [0.15, 0.2) is 16.8 Å². The quantitative estimate of drug-likeness (QED) is 0.290. The van der Waals surface area contributed by atoms with Gasteiger partial charge in [0, 0.05) is 25.8 Å². The number of ketones is 1. The number of hydrogen-bond acceptors (Lipinski definition) is 7. The Hall–Kier alpha value is -2.58. The van der Waals surface area contributed by atoms with Gasteiger partial charge in [0.25, 0.3) is 0 Å². The van der Waals surface area contributed by atoms with Gasteiger partial charge >= 0.3 is 0 Å². The Kier molecular flexibility index (Phi) is 6.89. The van der Waals surface area contributed by atoms with E-state index in [1.807, 2.05) is 17.6 Å². The maximum absolute atomic E-state index is 12.5. The van der Waals surface area contributed by atoms with Crippen molar-refractivity contribution in [2.24, 2.45) is 0 Å². The normalized spacial score (nSPS) is 11.0. The lowest BCUT2D eigenvalue weighted by Crippen LogP contribution is -2.07. The van der Waals surface area contributed by atoms with Crippen LogP contribution < -0.4 is 4.74 Å². The number of aromatic nitrogens is 3. The van der Waals surface area contributed by atoms with Gasteiger partial charge in [-0.2, -0.15) is 0 Å². The van der Waals surface area contributed by atoms with Gasteiger partial charge in [0.1, 0.15) is 11.5 Å². The summed E-state index contributed by atoms with van der Waals surface area (Å²) in [6.45, 7) is 3.22. The number of ether oxygens (including phenoxy) is 2. The summed E-state index contributed by atoms with van der Waals surface area (Å²) in [6.07, 6.45) is 2.46. The molecule has 2 heterocycles. The van der Waals surface area contributed by atoms with E-state index in [1.54, 1.807) is 44.7 Å². The molecule has 0 aliphatic rings. The van der Waals surface area contributed by atoms with E-state index in [1.165, 1.54) is 11.8 Å². The van der Waals surface area contributed by atoms with Gasteiger partial charge in [-0.15, -0.1) is 10.2 Å². The number of hydrogen-bond donors (Lipinski definition) is 0. The SMILES string of the molecule is COCCCn1c(SCC(=O)c2ccc(OC)cc2)nnc1-c1ccoc1C. The van der Waals surface area contributed by atoms with Crippen molar-refractivity contribution in [1.82, 2.24) is 14.8 Å². The Labute approximate surface area is 168 Å². The molecule has 0 aliphatic heterocycles. The molecule has 3 aromatic rings. The van der Waals surface area contributed by atoms with Crippen LogP contribution in [0.3, 0.4) is 0 Å². The second-order valence-corrected chi connectivity index (χ2v) is 7.08. The van der Waals surface area contributed by atoms with Crippen molar-refractivity contribution in [2.75, 3.05) is 26.6 Å². The number of rotatable bonds is 10. The molecule has 1 aromatic carbocycles. The van der Waals surface area contributed by atoms with Crippen molar-refractivity contribution in [3.05, 3.63) is 47.9 Å². The van der Waals surface area contributed by atoms with Gasteiger partial charge in [0.2, 0.25) is 0 Å². The number of carbonyl (C=O) groups is 1. The molecule has 28 heavy (non-hydrogen) atoms. The van der Waals surface area contributed by atoms with Crippen molar-refractivity contribution >= 4 is 17.5 Å². The molecular weight excluding hydrogens is 378 g/mol. The molecule has 0 unspecified atom stereocenters. The molecule has 8 heteroatoms. The minimum atomic E-state index is 0.0279. The summed E-state index contributed by atoms with van der Waals surface area (Å²) in [5, 5.41) is 9.34. The summed E-state index contributed by atoms with van der Waals surface area (Å²) in [6, 6.07) is 8.98. The number of aryl methyl sites for hydroxylation is 1. The Balaban J connectivity index is 1.75. The van der Waals surface area contributed by atoms with Crippen molar-refractivity contribution in [1.29, 1.82) is 0 Å². The van der Waals surface area contributed by atoms with Gasteiger partial charge in [-0.3, -0.25) is 4.79 Å². The Morgan fingerprint density at radius 1 is 1.18 bits per heavy atom. The number of benzene rings is 1. The predicted molar refractivity (Wildman–Crippen MR) is 107 cm³/mol. The molecule has 0 radical (unpaired) electrons. The van der Waals surface area contributed by atoms with Crippen LogP contribution in [-0.4, -0.2) is 47.1 Å². The van der Waals surface area contributed by atoms with E-state index in [2.05, 4.69) is 10.2 Å². The molecule has 148 valence electrons. The Morgan fingerprint density at radius 2 is 1.96 bits per heavy atom. The summed E-state index contributed by atoms with van der Waals surface area (Å²) in [5.41, 5.74) is 1.54. The summed E-state index contributed by atoms with van der Waals surface area (Å²) in [4.78, 5) is 12.5. The van der Waals surface area contributed by atoms with Crippen molar-refractivity contribution in [2.45, 2.75) is 25.0 Å². The fraction of sp³-hybridized carbons (Fsp3) is 0.350. The molecule has 7 nitrogen and oxygen atoms in total. The maximum Gasteiger partial charge on any atom is 0.191 e. The second-order valence-electron chi connectivity index (χ2n) is 6.13. The lowest BCUT2D eigenvalue weighted by Gasteiger charge is -2.09. The van der Waals surface area contributed by atoms with E-state index >= 15 is 0 Å². The highest BCUT2D eigenvalue weighted by atomic mass is 32.2. The molecule has 0 bridgehead atoms. The van der Waals surface area contributed by atoms with Gasteiger partial charge in [-0.25, -0.2) is 0 Å². The molecule has 0 spiro atoms. The topological polar surface area (TPSA) is 79.4 Å². The third kappa shape index (κ3) is 4.63. The van der Waals surface area contributed by atoms with E-state index in [0.29, 0.717) is 23.9 Å². The molecule has 0 saturated heterocycles. The smallest absolute Gasteiger partial charge is 0.191 e. The van der Waals surface area contributed by atoms with Gasteiger partial charge in [-0.05, 0) is 43.7 Å². The number of carbonyl (C=O) groups excluding carboxylic acids is 1. The Bertz CT molecular complexity index is 918. The monoisotopic (exact) mass is 401 g/mol. The average molecular weight is 401 g/mol. The molecule has 0 fully saturated rings. The highest BCUT2D eigenvalue weighted by Crippen LogP contribution is 2.28. The molecule has 0 atom stereocenters. The lowest BCUT2D eigenvalue weighted by molar-refractivity contribution is 0.102. The molecule has 3 rings (SSSR count). The van der Waals surface area contributed by atoms with Gasteiger partial charge < -0.3 is 18.5 Å². The number of methoxy groups -OCH3 is 2. The number of nitrogens with zero attached hydrogens (tertiary/aromatic N) is 3. The number of thioether (sulfide) groups is 1. The third-order valence-corrected chi connectivity index (χ3v) is 5.26. The van der Waals surface area contributed by atoms with Gasteiger partial charge in [-0.1, -0.05) is 11.8 Å². The van der Waals surface area contributed by atoms with Crippen LogP contribution in [0, 0.1) is 6.92 Å². The summed E-state index contributed by atoms with van der Waals surface area (Å²) < 4.78 is 17.7. The minimum Gasteiger partial charge on any atom is -0.497 e. The molecule has 0 amide bonds. The van der Waals surface area contributed by atoms with Crippen molar-refractivity contribution in [3.8, 4) is 17.1 Å². The van der Waals surface area contributed by atoms with E-state index in [-0.39, 0.29) is 11.5 Å². The van der Waals surface area contributed by atoms with Crippen LogP contribution in [0.2, 0.25) is 0 Å². The summed E-state index contributed by atoms with van der Waals surface area (Å²) >= 11 is 1.38. The first-order chi connectivity index (χ1) is 13.6. The zero-order valence-corrected chi connectivity index (χ0v) is 17.0. The fourth-order valence-electron chi connectivity index (χ4n) is 2.77. The molecule has 0 N–H and O–H groups in total. The van der Waals surface area contributed by atoms with Gasteiger partial charge in [0.05, 0.1) is 24.7 Å². The van der Waals surface area contributed by atoms with Crippen LogP contribution in [0.25, 0.3) is 11.4 Å². The van der Waals surface area contributed by atoms with E-state index in [9.17, 15) is 4.79 Å². The van der Waals surface area contributed by atoms with Crippen LogP contribution in [0.1, 0.15) is 22.5 Å². The standard InChI is InChI=1S/C20H23N3O4S/c1-14-17(9-12-27-14)19-21-22-20(23(19)10-4-11-25-2)28-13-18(24)15-5-7-16(26-3)8-6-15/h5-9,12H,4,10-11,13H2,1-3H3. The molecule has 0 saturated carbocycles. The molecule has 0 aliphatic carbocycles. The summed E-state index contributed by atoms with van der Waals surface area (Å²) in [7, 11) is 3.28. The number of furan rings is 1. The van der Waals surface area contributed by atoms with E-state index in [4.69, 9.17) is 13.9 Å². The molecule has 2 aromatic heterocycles. The third-order valence-electron chi connectivity index (χ3n) is 4.29. The highest BCUT2D eigenvalue weighted by molar-refractivity contribution is 7.99. The summed E-state index contributed by atoms with van der Waals surface area (Å²) in [5.74, 6) is 2.55. The predicted octanol–water partition coefficient (Wildman–Crippen LogP) is 3.87. The zero-order valence-electron chi connectivity index (χ0n) is 16.2. The van der Waals surface area contributed by atoms with Crippen LogP contribution in [0.5, 0.6) is 5.75 Å². The van der Waals surface area contributed by atoms with E-state index in [0.717, 1.165) is 29.3 Å². The first-order valence-electron chi connectivity index (χ1n) is 8.90. The van der Waals surface area contributed by atoms with E-state index < -0.39 is 0 Å². The molecular formula is C20H23N3O4S. The first-order valence-corrected chi connectivity index (χ1v) is 9.89. The lowest BCUT2D eigenvalue weighted by atomic mass is 10.1. The average Bonchev–Trinajstić information content (AvgIpc) is 3.32. The minimum absolute atomic E-state index is 0.0279. The fourth-order valence-corrected chi connectivity index (χ4v) is 3.63. The highest BCUT2D eigenvalue weighted by Gasteiger charge is 2.18. The van der Waals surface area contributed by atoms with Crippen LogP contribution in [0.4, 0.5) is 0 Å². The Morgan fingerprint density at radius 3 is 2.61 bits per heavy atom. The maximum atomic E-state index is 12.5. The van der Waals surface area contributed by atoms with Crippen LogP contribution >= 0.6 is 11.8 Å². The van der Waals surface area contributed by atoms with Crippen molar-refractivity contribution < 1.29 is 18.7 Å². The largest absolute Gasteiger partial charge is 0.497 e. The van der Waals surface area contributed by atoms with Crippen molar-refractivity contribution in [3.63, 3.8) is 0 Å². The number of Topliss-reactive ketones (excluding diaryl/α,β-unsaturated/α-hetero) is 1. The van der Waals surface area contributed by atoms with Crippen LogP contribution in [0.15, 0.2) is 46.2 Å². The zero-order chi connectivity index (χ0) is 19.9.